The number of rotatable bonds is 7. The minimum atomic E-state index is 0.0176. The van der Waals surface area contributed by atoms with E-state index >= 15 is 0 Å². The molecule has 0 spiro atoms. The number of benzene rings is 2. The number of nitrogens with zero attached hydrogens (tertiary/aromatic N) is 3. The first-order valence-electron chi connectivity index (χ1n) is 13.5. The van der Waals surface area contributed by atoms with Crippen molar-refractivity contribution in [3.05, 3.63) is 82.7 Å². The first-order valence-corrected chi connectivity index (χ1v) is 13.5. The van der Waals surface area contributed by atoms with Crippen LogP contribution in [-0.4, -0.2) is 53.3 Å². The van der Waals surface area contributed by atoms with Crippen molar-refractivity contribution < 1.29 is 4.79 Å². The first-order chi connectivity index (χ1) is 17.6. The fraction of sp³-hybridized carbons (Fsp3) is 0.467. The number of piperidine rings is 2. The van der Waals surface area contributed by atoms with Gasteiger partial charge >= 0.3 is 0 Å². The van der Waals surface area contributed by atoms with Gasteiger partial charge in [0.25, 0.3) is 5.91 Å². The van der Waals surface area contributed by atoms with Crippen molar-refractivity contribution >= 4 is 5.91 Å². The summed E-state index contributed by atoms with van der Waals surface area (Å²) in [5, 5.41) is 11.4. The van der Waals surface area contributed by atoms with E-state index in [2.05, 4.69) is 77.9 Å². The van der Waals surface area contributed by atoms with Crippen LogP contribution >= 0.6 is 0 Å². The second-order valence-corrected chi connectivity index (χ2v) is 10.6. The molecule has 2 saturated heterocycles. The monoisotopic (exact) mass is 485 g/mol. The van der Waals surface area contributed by atoms with Crippen molar-refractivity contribution in [3.8, 4) is 5.69 Å². The normalized spacial score (nSPS) is 17.8. The summed E-state index contributed by atoms with van der Waals surface area (Å²) >= 11 is 0. The topological polar surface area (TPSA) is 62.2 Å². The van der Waals surface area contributed by atoms with Crippen LogP contribution in [-0.2, 0) is 6.54 Å². The Morgan fingerprint density at radius 3 is 2.25 bits per heavy atom. The predicted octanol–water partition coefficient (Wildman–Crippen LogP) is 4.60. The average Bonchev–Trinajstić information content (AvgIpc) is 3.36. The summed E-state index contributed by atoms with van der Waals surface area (Å²) in [4.78, 5) is 15.9. The molecule has 36 heavy (non-hydrogen) atoms. The van der Waals surface area contributed by atoms with E-state index in [9.17, 15) is 4.79 Å². The Morgan fingerprint density at radius 1 is 0.944 bits per heavy atom. The van der Waals surface area contributed by atoms with Gasteiger partial charge in [0.2, 0.25) is 0 Å². The van der Waals surface area contributed by atoms with Crippen LogP contribution in [0, 0.1) is 19.8 Å². The molecule has 6 nitrogen and oxygen atoms in total. The molecule has 1 amide bonds. The lowest BCUT2D eigenvalue weighted by atomic mass is 9.91. The lowest BCUT2D eigenvalue weighted by Gasteiger charge is -2.32. The molecule has 2 aromatic carbocycles. The molecule has 2 aliphatic heterocycles. The summed E-state index contributed by atoms with van der Waals surface area (Å²) in [5.74, 6) is 0.877. The van der Waals surface area contributed by atoms with Crippen LogP contribution in [0.2, 0.25) is 0 Å². The van der Waals surface area contributed by atoms with Crippen LogP contribution in [0.4, 0.5) is 0 Å². The van der Waals surface area contributed by atoms with E-state index in [1.165, 1.54) is 16.7 Å². The van der Waals surface area contributed by atoms with Crippen LogP contribution in [0.3, 0.4) is 0 Å². The maximum absolute atomic E-state index is 13.4. The molecule has 0 unspecified atom stereocenters. The van der Waals surface area contributed by atoms with Crippen molar-refractivity contribution in [1.29, 1.82) is 0 Å². The molecule has 0 aliphatic carbocycles. The highest BCUT2D eigenvalue weighted by atomic mass is 16.1. The minimum absolute atomic E-state index is 0.0176. The van der Waals surface area contributed by atoms with Gasteiger partial charge in [-0.3, -0.25) is 9.69 Å². The third-order valence-corrected chi connectivity index (χ3v) is 7.84. The molecule has 0 atom stereocenters. The Kier molecular flexibility index (Phi) is 7.83. The van der Waals surface area contributed by atoms with Gasteiger partial charge in [0.05, 0.1) is 23.1 Å². The van der Waals surface area contributed by atoms with E-state index in [4.69, 9.17) is 5.10 Å². The standard InChI is InChI=1S/C30H39N5O/c1-22-3-7-25(8-4-22)21-34-17-13-24(14-18-34)19-32-30(36)28-20-33-35(27-9-5-23(2)6-10-27)29(28)26-11-15-31-16-12-26/h3-10,20,24,26,31H,11-19,21H2,1-2H3,(H,32,36). The Hall–Kier alpha value is -2.96. The summed E-state index contributed by atoms with van der Waals surface area (Å²) in [6.07, 6.45) is 6.07. The Balaban J connectivity index is 1.21. The van der Waals surface area contributed by atoms with Gasteiger partial charge in [-0.25, -0.2) is 4.68 Å². The van der Waals surface area contributed by atoms with Crippen LogP contribution in [0.25, 0.3) is 5.69 Å². The van der Waals surface area contributed by atoms with Crippen molar-refractivity contribution in [1.82, 2.24) is 25.3 Å². The fourth-order valence-electron chi connectivity index (χ4n) is 5.55. The summed E-state index contributed by atoms with van der Waals surface area (Å²) in [5.41, 5.74) is 6.72. The van der Waals surface area contributed by atoms with Crippen LogP contribution in [0.1, 0.15) is 64.3 Å². The molecule has 6 heteroatoms. The Bertz CT molecular complexity index is 1140. The SMILES string of the molecule is Cc1ccc(CN2CCC(CNC(=O)c3cnn(-c4ccc(C)cc4)c3C3CCNCC3)CC2)cc1. The number of carbonyl (C=O) groups excluding carboxylic acids is 1. The Morgan fingerprint density at radius 2 is 1.58 bits per heavy atom. The third-order valence-electron chi connectivity index (χ3n) is 7.84. The highest BCUT2D eigenvalue weighted by molar-refractivity contribution is 5.95. The molecule has 3 aromatic rings. The molecule has 2 fully saturated rings. The number of likely N-dealkylation sites (tertiary alicyclic amines) is 1. The minimum Gasteiger partial charge on any atom is -0.352 e. The molecule has 190 valence electrons. The van der Waals surface area contributed by atoms with E-state index in [0.29, 0.717) is 11.8 Å². The van der Waals surface area contributed by atoms with E-state index in [1.54, 1.807) is 6.20 Å². The molecule has 0 bridgehead atoms. The number of hydrogen-bond acceptors (Lipinski definition) is 4. The first kappa shape index (κ1) is 24.7. The highest BCUT2D eigenvalue weighted by Gasteiger charge is 2.28. The third kappa shape index (κ3) is 5.88. The number of nitrogens with one attached hydrogen (secondary N) is 2. The summed E-state index contributed by atoms with van der Waals surface area (Å²) < 4.78 is 1.99. The van der Waals surface area contributed by atoms with Crippen LogP contribution < -0.4 is 10.6 Å². The molecular formula is C30H39N5O. The number of aromatic nitrogens is 2. The zero-order valence-corrected chi connectivity index (χ0v) is 21.7. The maximum Gasteiger partial charge on any atom is 0.254 e. The lowest BCUT2D eigenvalue weighted by Crippen LogP contribution is -2.38. The Labute approximate surface area is 215 Å². The number of hydrogen-bond donors (Lipinski definition) is 2. The molecule has 0 radical (unpaired) electrons. The maximum atomic E-state index is 13.4. The molecule has 2 N–H and O–H groups in total. The largest absolute Gasteiger partial charge is 0.352 e. The predicted molar refractivity (Wildman–Crippen MR) is 145 cm³/mol. The van der Waals surface area contributed by atoms with Crippen LogP contribution in [0.15, 0.2) is 54.7 Å². The van der Waals surface area contributed by atoms with Crippen LogP contribution in [0.5, 0.6) is 0 Å². The number of carbonyl (C=O) groups is 1. The number of aryl methyl sites for hydroxylation is 2. The van der Waals surface area contributed by atoms with Gasteiger partial charge < -0.3 is 10.6 Å². The van der Waals surface area contributed by atoms with Gasteiger partial charge in [-0.15, -0.1) is 0 Å². The van der Waals surface area contributed by atoms with Gasteiger partial charge in [0.1, 0.15) is 0 Å². The molecule has 1 aromatic heterocycles. The van der Waals surface area contributed by atoms with Crippen molar-refractivity contribution in [2.75, 3.05) is 32.7 Å². The van der Waals surface area contributed by atoms with Gasteiger partial charge in [0.15, 0.2) is 0 Å². The van der Waals surface area contributed by atoms with E-state index < -0.39 is 0 Å². The van der Waals surface area contributed by atoms with Crippen molar-refractivity contribution in [3.63, 3.8) is 0 Å². The molecule has 5 rings (SSSR count). The van der Waals surface area contributed by atoms with E-state index in [0.717, 1.165) is 81.9 Å². The quantitative estimate of drug-likeness (QED) is 0.514. The second-order valence-electron chi connectivity index (χ2n) is 10.6. The molecule has 0 saturated carbocycles. The smallest absolute Gasteiger partial charge is 0.254 e. The zero-order chi connectivity index (χ0) is 24.9. The van der Waals surface area contributed by atoms with Gasteiger partial charge in [-0.05, 0) is 89.3 Å². The highest BCUT2D eigenvalue weighted by Crippen LogP contribution is 2.30. The molecule has 3 heterocycles. The van der Waals surface area contributed by atoms with E-state index in [-0.39, 0.29) is 5.91 Å². The summed E-state index contributed by atoms with van der Waals surface area (Å²) in [7, 11) is 0. The van der Waals surface area contributed by atoms with Gasteiger partial charge in [0, 0.05) is 19.0 Å². The zero-order valence-electron chi connectivity index (χ0n) is 21.7. The summed E-state index contributed by atoms with van der Waals surface area (Å²) in [6.45, 7) is 10.1. The van der Waals surface area contributed by atoms with Crippen molar-refractivity contribution in [2.45, 2.75) is 52.0 Å². The van der Waals surface area contributed by atoms with Crippen molar-refractivity contribution in [2.24, 2.45) is 5.92 Å². The molecular weight excluding hydrogens is 446 g/mol. The number of amides is 1. The second kappa shape index (κ2) is 11.4. The van der Waals surface area contributed by atoms with Gasteiger partial charge in [-0.1, -0.05) is 47.5 Å². The lowest BCUT2D eigenvalue weighted by molar-refractivity contribution is 0.0933. The summed E-state index contributed by atoms with van der Waals surface area (Å²) in [6, 6.07) is 17.3. The fourth-order valence-corrected chi connectivity index (χ4v) is 5.55. The molecule has 2 aliphatic rings. The van der Waals surface area contributed by atoms with E-state index in [1.807, 2.05) is 4.68 Å². The van der Waals surface area contributed by atoms with Gasteiger partial charge in [-0.2, -0.15) is 5.10 Å². The average molecular weight is 486 g/mol.